The van der Waals surface area contributed by atoms with E-state index in [1.807, 2.05) is 54.6 Å². The second-order valence-electron chi connectivity index (χ2n) is 9.20. The third kappa shape index (κ3) is 5.40. The number of hydrogen-bond acceptors (Lipinski definition) is 4. The van der Waals surface area contributed by atoms with Crippen LogP contribution in [-0.2, 0) is 4.79 Å². The molecule has 2 amide bonds. The van der Waals surface area contributed by atoms with Crippen molar-refractivity contribution in [2.75, 3.05) is 12.0 Å². The number of nitrogens with zero attached hydrogens (tertiary/aromatic N) is 2. The van der Waals surface area contributed by atoms with E-state index in [-0.39, 0.29) is 17.9 Å². The van der Waals surface area contributed by atoms with Crippen LogP contribution in [0, 0.1) is 0 Å². The van der Waals surface area contributed by atoms with Gasteiger partial charge in [0.15, 0.2) is 0 Å². The molecule has 7 heteroatoms. The van der Waals surface area contributed by atoms with Gasteiger partial charge in [0.1, 0.15) is 17.5 Å². The second kappa shape index (κ2) is 11.1. The summed E-state index contributed by atoms with van der Waals surface area (Å²) in [6, 6.07) is 23.4. The monoisotopic (exact) mass is 494 g/mol. The molecule has 1 unspecified atom stereocenters. The lowest BCUT2D eigenvalue weighted by Gasteiger charge is -2.32. The number of carbonyl (C=O) groups is 2. The number of nitrogens with one attached hydrogen (secondary N) is 2. The molecule has 0 bridgehead atoms. The van der Waals surface area contributed by atoms with E-state index in [4.69, 9.17) is 4.74 Å². The molecule has 37 heavy (non-hydrogen) atoms. The third-order valence-corrected chi connectivity index (χ3v) is 6.78. The smallest absolute Gasteiger partial charge is 0.275 e. The summed E-state index contributed by atoms with van der Waals surface area (Å²) in [4.78, 5) is 37.0. The number of anilines is 1. The number of methoxy groups -OCH3 is 1. The van der Waals surface area contributed by atoms with Crippen LogP contribution in [0.3, 0.4) is 0 Å². The van der Waals surface area contributed by atoms with E-state index in [9.17, 15) is 9.59 Å². The largest absolute Gasteiger partial charge is 0.497 e. The Hall–Kier alpha value is -4.39. The van der Waals surface area contributed by atoms with Gasteiger partial charge in [0.2, 0.25) is 5.91 Å². The van der Waals surface area contributed by atoms with Crippen molar-refractivity contribution in [3.63, 3.8) is 0 Å². The lowest BCUT2D eigenvalue weighted by molar-refractivity contribution is -0.123. The molecule has 2 aromatic heterocycles. The molecule has 2 heterocycles. The number of H-pyrrole nitrogens is 1. The van der Waals surface area contributed by atoms with Crippen LogP contribution in [0.1, 0.15) is 47.8 Å². The van der Waals surface area contributed by atoms with Crippen molar-refractivity contribution in [3.05, 3.63) is 103 Å². The number of rotatable bonds is 8. The predicted molar refractivity (Wildman–Crippen MR) is 143 cm³/mol. The number of ether oxygens (including phenoxy) is 1. The van der Waals surface area contributed by atoms with Crippen LogP contribution in [0.15, 0.2) is 91.3 Å². The van der Waals surface area contributed by atoms with Gasteiger partial charge in [0.05, 0.1) is 7.11 Å². The summed E-state index contributed by atoms with van der Waals surface area (Å²) >= 11 is 0. The van der Waals surface area contributed by atoms with Gasteiger partial charge >= 0.3 is 0 Å². The van der Waals surface area contributed by atoms with Crippen LogP contribution in [0.5, 0.6) is 5.75 Å². The molecule has 0 radical (unpaired) electrons. The maximum Gasteiger partial charge on any atom is 0.275 e. The fourth-order valence-corrected chi connectivity index (χ4v) is 4.89. The summed E-state index contributed by atoms with van der Waals surface area (Å²) in [6.45, 7) is 0. The quantitative estimate of drug-likeness (QED) is 0.337. The van der Waals surface area contributed by atoms with Gasteiger partial charge in [-0.05, 0) is 60.4 Å². The molecule has 1 atom stereocenters. The first-order valence-corrected chi connectivity index (χ1v) is 12.6. The van der Waals surface area contributed by atoms with Crippen molar-refractivity contribution < 1.29 is 14.3 Å². The maximum absolute atomic E-state index is 14.2. The van der Waals surface area contributed by atoms with E-state index in [1.165, 1.54) is 0 Å². The standard InChI is InChI=1S/C30H30N4O3/c1-37-25-13-7-12-24(20-25)34(30(36)27-15-14-26(33-27)21-8-3-2-4-9-21)28(22-16-18-31-19-17-22)29(35)32-23-10-5-6-11-23/h2-4,7-9,12-20,23,28,33H,5-6,10-11H2,1H3,(H,32,35). The van der Waals surface area contributed by atoms with E-state index in [2.05, 4.69) is 15.3 Å². The Balaban J connectivity index is 1.58. The van der Waals surface area contributed by atoms with E-state index in [0.717, 1.165) is 36.9 Å². The first-order chi connectivity index (χ1) is 18.1. The van der Waals surface area contributed by atoms with Crippen LogP contribution in [0.2, 0.25) is 0 Å². The highest BCUT2D eigenvalue weighted by molar-refractivity contribution is 6.09. The molecule has 5 rings (SSSR count). The topological polar surface area (TPSA) is 87.3 Å². The summed E-state index contributed by atoms with van der Waals surface area (Å²) in [6.07, 6.45) is 7.35. The first kappa shape index (κ1) is 24.3. The Morgan fingerprint density at radius 3 is 2.46 bits per heavy atom. The Morgan fingerprint density at radius 2 is 1.73 bits per heavy atom. The minimum atomic E-state index is -0.897. The van der Waals surface area contributed by atoms with Crippen molar-refractivity contribution in [3.8, 4) is 17.0 Å². The second-order valence-corrected chi connectivity index (χ2v) is 9.20. The third-order valence-electron chi connectivity index (χ3n) is 6.78. The van der Waals surface area contributed by atoms with Crippen LogP contribution >= 0.6 is 0 Å². The lowest BCUT2D eigenvalue weighted by atomic mass is 10.0. The molecule has 0 spiro atoms. The molecular formula is C30H30N4O3. The fourth-order valence-electron chi connectivity index (χ4n) is 4.89. The molecule has 4 aromatic rings. The van der Waals surface area contributed by atoms with E-state index >= 15 is 0 Å². The molecule has 1 saturated carbocycles. The van der Waals surface area contributed by atoms with Crippen LogP contribution < -0.4 is 15.0 Å². The minimum absolute atomic E-state index is 0.106. The Labute approximate surface area is 216 Å². The summed E-state index contributed by atoms with van der Waals surface area (Å²) in [7, 11) is 1.58. The number of hydrogen-bond donors (Lipinski definition) is 2. The zero-order valence-corrected chi connectivity index (χ0v) is 20.8. The van der Waals surface area contributed by atoms with Crippen molar-refractivity contribution in [1.29, 1.82) is 0 Å². The lowest BCUT2D eigenvalue weighted by Crippen LogP contribution is -2.46. The molecule has 1 aliphatic carbocycles. The number of amides is 2. The van der Waals surface area contributed by atoms with Gasteiger partial charge in [0.25, 0.3) is 5.91 Å². The summed E-state index contributed by atoms with van der Waals surface area (Å²) in [5.41, 5.74) is 3.42. The first-order valence-electron chi connectivity index (χ1n) is 12.6. The summed E-state index contributed by atoms with van der Waals surface area (Å²) < 4.78 is 5.45. The van der Waals surface area contributed by atoms with Gasteiger partial charge in [-0.1, -0.05) is 49.2 Å². The summed E-state index contributed by atoms with van der Waals surface area (Å²) in [5.74, 6) is 0.0550. The highest BCUT2D eigenvalue weighted by Gasteiger charge is 2.35. The molecular weight excluding hydrogens is 464 g/mol. The molecule has 1 aliphatic rings. The highest BCUT2D eigenvalue weighted by atomic mass is 16.5. The predicted octanol–water partition coefficient (Wildman–Crippen LogP) is 5.53. The van der Waals surface area contributed by atoms with Gasteiger partial charge in [0, 0.05) is 35.9 Å². The van der Waals surface area contributed by atoms with Crippen molar-refractivity contribution in [1.82, 2.24) is 15.3 Å². The Bertz CT molecular complexity index is 1350. The normalized spacial score (nSPS) is 14.2. The van der Waals surface area contributed by atoms with Gasteiger partial charge < -0.3 is 15.0 Å². The van der Waals surface area contributed by atoms with Crippen LogP contribution in [0.4, 0.5) is 5.69 Å². The van der Waals surface area contributed by atoms with Crippen molar-refractivity contribution >= 4 is 17.5 Å². The average Bonchev–Trinajstić information content (AvgIpc) is 3.65. The highest BCUT2D eigenvalue weighted by Crippen LogP contribution is 2.33. The SMILES string of the molecule is COc1cccc(N(C(=O)c2ccc(-c3ccccc3)[nH]2)C(C(=O)NC2CCCC2)c2ccncc2)c1. The fraction of sp³-hybridized carbons (Fsp3) is 0.233. The van der Waals surface area contributed by atoms with E-state index in [0.29, 0.717) is 22.7 Å². The average molecular weight is 495 g/mol. The molecule has 2 aromatic carbocycles. The van der Waals surface area contributed by atoms with Crippen molar-refractivity contribution in [2.24, 2.45) is 0 Å². The Morgan fingerprint density at radius 1 is 0.973 bits per heavy atom. The molecule has 1 fully saturated rings. The van der Waals surface area contributed by atoms with Gasteiger partial charge in [-0.2, -0.15) is 0 Å². The summed E-state index contributed by atoms with van der Waals surface area (Å²) in [5, 5.41) is 3.20. The number of aromatic nitrogens is 2. The van der Waals surface area contributed by atoms with Gasteiger partial charge in [-0.15, -0.1) is 0 Å². The van der Waals surface area contributed by atoms with E-state index < -0.39 is 6.04 Å². The maximum atomic E-state index is 14.2. The zero-order valence-electron chi connectivity index (χ0n) is 20.8. The molecule has 0 aliphatic heterocycles. The van der Waals surface area contributed by atoms with E-state index in [1.54, 1.807) is 48.7 Å². The molecule has 7 nitrogen and oxygen atoms in total. The van der Waals surface area contributed by atoms with Crippen molar-refractivity contribution in [2.45, 2.75) is 37.8 Å². The molecule has 2 N–H and O–H groups in total. The molecule has 188 valence electrons. The van der Waals surface area contributed by atoms with Gasteiger partial charge in [-0.25, -0.2) is 0 Å². The number of pyridine rings is 1. The minimum Gasteiger partial charge on any atom is -0.497 e. The zero-order chi connectivity index (χ0) is 25.6. The van der Waals surface area contributed by atoms with Crippen LogP contribution in [0.25, 0.3) is 11.3 Å². The molecule has 0 saturated heterocycles. The van der Waals surface area contributed by atoms with Gasteiger partial charge in [-0.3, -0.25) is 19.5 Å². The Kier molecular flexibility index (Phi) is 7.31. The van der Waals surface area contributed by atoms with Crippen LogP contribution in [-0.4, -0.2) is 34.9 Å². The number of carbonyl (C=O) groups excluding carboxylic acids is 2. The number of aromatic amines is 1. The number of benzene rings is 2.